The Kier molecular flexibility index (Phi) is 3.96. The van der Waals surface area contributed by atoms with E-state index in [-0.39, 0.29) is 0 Å². The molecule has 14 heavy (non-hydrogen) atoms. The van der Waals surface area contributed by atoms with E-state index < -0.39 is 0 Å². The molecule has 0 aliphatic carbocycles. The fourth-order valence-corrected chi connectivity index (χ4v) is 2.09. The van der Waals surface area contributed by atoms with Gasteiger partial charge in [-0.1, -0.05) is 6.92 Å². The Morgan fingerprint density at radius 3 is 1.93 bits per heavy atom. The van der Waals surface area contributed by atoms with Crippen LogP contribution in [0.5, 0.6) is 0 Å². The van der Waals surface area contributed by atoms with Crippen LogP contribution in [0.2, 0.25) is 0 Å². The molecule has 1 aliphatic rings. The monoisotopic (exact) mass is 198 g/mol. The summed E-state index contributed by atoms with van der Waals surface area (Å²) in [6, 6.07) is 0.761. The summed E-state index contributed by atoms with van der Waals surface area (Å²) in [5, 5.41) is 0. The van der Waals surface area contributed by atoms with Crippen LogP contribution in [0.15, 0.2) is 0 Å². The lowest BCUT2D eigenvalue weighted by Gasteiger charge is -2.44. The summed E-state index contributed by atoms with van der Waals surface area (Å²) >= 11 is 0. The molecule has 0 aromatic carbocycles. The molecule has 1 aliphatic heterocycles. The highest BCUT2D eigenvalue weighted by Crippen LogP contribution is 2.17. The molecule has 1 saturated heterocycles. The van der Waals surface area contributed by atoms with Crippen LogP contribution in [0.4, 0.5) is 0 Å². The fourth-order valence-electron chi connectivity index (χ4n) is 2.09. The molecular weight excluding hydrogens is 172 g/mol. The lowest BCUT2D eigenvalue weighted by Crippen LogP contribution is -2.55. The van der Waals surface area contributed by atoms with Crippen molar-refractivity contribution in [3.05, 3.63) is 0 Å². The van der Waals surface area contributed by atoms with Crippen LogP contribution < -0.4 is 0 Å². The molecule has 2 nitrogen and oxygen atoms in total. The van der Waals surface area contributed by atoms with E-state index in [1.807, 2.05) is 0 Å². The minimum absolute atomic E-state index is 0.349. The van der Waals surface area contributed by atoms with Gasteiger partial charge >= 0.3 is 0 Å². The summed E-state index contributed by atoms with van der Waals surface area (Å²) in [6.07, 6.45) is 1.27. The van der Waals surface area contributed by atoms with Crippen molar-refractivity contribution >= 4 is 0 Å². The standard InChI is InChI=1S/C12H26N2/c1-6-11(2)13-7-9-14(10-8-13)12(3,4)5/h11H,6-10H2,1-5H3. The minimum atomic E-state index is 0.349. The van der Waals surface area contributed by atoms with Gasteiger partial charge in [-0.15, -0.1) is 0 Å². The van der Waals surface area contributed by atoms with Crippen molar-refractivity contribution in [2.24, 2.45) is 0 Å². The van der Waals surface area contributed by atoms with Gasteiger partial charge in [0, 0.05) is 37.8 Å². The molecule has 1 heterocycles. The van der Waals surface area contributed by atoms with Crippen molar-refractivity contribution in [1.29, 1.82) is 0 Å². The number of nitrogens with zero attached hydrogens (tertiary/aromatic N) is 2. The summed E-state index contributed by atoms with van der Waals surface area (Å²) in [7, 11) is 0. The van der Waals surface area contributed by atoms with Crippen molar-refractivity contribution < 1.29 is 0 Å². The topological polar surface area (TPSA) is 6.48 Å². The molecule has 0 spiro atoms. The van der Waals surface area contributed by atoms with Crippen LogP contribution in [-0.4, -0.2) is 47.6 Å². The molecule has 84 valence electrons. The van der Waals surface area contributed by atoms with E-state index in [4.69, 9.17) is 0 Å². The first-order valence-corrected chi connectivity index (χ1v) is 5.94. The first kappa shape index (κ1) is 12.0. The van der Waals surface area contributed by atoms with Crippen LogP contribution >= 0.6 is 0 Å². The van der Waals surface area contributed by atoms with Gasteiger partial charge in [0.2, 0.25) is 0 Å². The molecule has 0 aromatic rings. The van der Waals surface area contributed by atoms with Gasteiger partial charge in [-0.25, -0.2) is 0 Å². The van der Waals surface area contributed by atoms with Crippen LogP contribution in [0.25, 0.3) is 0 Å². The molecule has 0 amide bonds. The van der Waals surface area contributed by atoms with Crippen LogP contribution in [0, 0.1) is 0 Å². The summed E-state index contributed by atoms with van der Waals surface area (Å²) < 4.78 is 0. The summed E-state index contributed by atoms with van der Waals surface area (Å²) in [5.41, 5.74) is 0.349. The predicted octanol–water partition coefficient (Wildman–Crippen LogP) is 2.20. The molecular formula is C12H26N2. The summed E-state index contributed by atoms with van der Waals surface area (Å²) in [4.78, 5) is 5.20. The second-order valence-electron chi connectivity index (χ2n) is 5.45. The van der Waals surface area contributed by atoms with E-state index in [0.717, 1.165) is 6.04 Å². The third-order valence-electron chi connectivity index (χ3n) is 3.48. The van der Waals surface area contributed by atoms with Gasteiger partial charge in [0.15, 0.2) is 0 Å². The average Bonchev–Trinajstić information content (AvgIpc) is 2.15. The van der Waals surface area contributed by atoms with Crippen molar-refractivity contribution in [2.75, 3.05) is 26.2 Å². The van der Waals surface area contributed by atoms with E-state index in [2.05, 4.69) is 44.4 Å². The highest BCUT2D eigenvalue weighted by molar-refractivity contribution is 4.83. The molecule has 0 N–H and O–H groups in total. The predicted molar refractivity (Wildman–Crippen MR) is 62.7 cm³/mol. The number of rotatable bonds is 2. The highest BCUT2D eigenvalue weighted by atomic mass is 15.3. The van der Waals surface area contributed by atoms with E-state index in [9.17, 15) is 0 Å². The fraction of sp³-hybridized carbons (Fsp3) is 1.00. The Morgan fingerprint density at radius 2 is 1.57 bits per heavy atom. The normalized spacial score (nSPS) is 23.8. The van der Waals surface area contributed by atoms with Gasteiger partial charge in [0.1, 0.15) is 0 Å². The average molecular weight is 198 g/mol. The van der Waals surface area contributed by atoms with E-state index in [1.165, 1.54) is 32.6 Å². The van der Waals surface area contributed by atoms with Gasteiger partial charge in [-0.05, 0) is 34.1 Å². The molecule has 1 unspecified atom stereocenters. The number of hydrogen-bond acceptors (Lipinski definition) is 2. The molecule has 1 rings (SSSR count). The van der Waals surface area contributed by atoms with Gasteiger partial charge in [0.05, 0.1) is 0 Å². The van der Waals surface area contributed by atoms with Crippen LogP contribution in [0.3, 0.4) is 0 Å². The first-order valence-electron chi connectivity index (χ1n) is 5.94. The Labute approximate surface area is 89.3 Å². The number of hydrogen-bond donors (Lipinski definition) is 0. The van der Waals surface area contributed by atoms with Gasteiger partial charge in [-0.2, -0.15) is 0 Å². The summed E-state index contributed by atoms with van der Waals surface area (Å²) in [5.74, 6) is 0. The zero-order chi connectivity index (χ0) is 10.8. The highest BCUT2D eigenvalue weighted by Gasteiger charge is 2.26. The van der Waals surface area contributed by atoms with E-state index in [1.54, 1.807) is 0 Å². The van der Waals surface area contributed by atoms with Gasteiger partial charge in [-0.3, -0.25) is 9.80 Å². The Balaban J connectivity index is 2.39. The lowest BCUT2D eigenvalue weighted by atomic mass is 10.0. The molecule has 0 radical (unpaired) electrons. The number of piperazine rings is 1. The summed E-state index contributed by atoms with van der Waals surface area (Å²) in [6.45, 7) is 16.5. The molecule has 1 fully saturated rings. The van der Waals surface area contributed by atoms with Crippen LogP contribution in [-0.2, 0) is 0 Å². The minimum Gasteiger partial charge on any atom is -0.298 e. The maximum Gasteiger partial charge on any atom is 0.0126 e. The molecule has 2 heteroatoms. The maximum absolute atomic E-state index is 2.61. The third-order valence-corrected chi connectivity index (χ3v) is 3.48. The molecule has 0 saturated carbocycles. The van der Waals surface area contributed by atoms with Crippen molar-refractivity contribution in [2.45, 2.75) is 52.6 Å². The van der Waals surface area contributed by atoms with Crippen LogP contribution in [0.1, 0.15) is 41.0 Å². The van der Waals surface area contributed by atoms with Gasteiger partial charge < -0.3 is 0 Å². The Hall–Kier alpha value is -0.0800. The maximum atomic E-state index is 2.61. The Bertz CT molecular complexity index is 164. The third kappa shape index (κ3) is 2.96. The zero-order valence-electron chi connectivity index (χ0n) is 10.5. The molecule has 0 aromatic heterocycles. The Morgan fingerprint density at radius 1 is 1.07 bits per heavy atom. The lowest BCUT2D eigenvalue weighted by molar-refractivity contribution is 0.0449. The quantitative estimate of drug-likeness (QED) is 0.671. The largest absolute Gasteiger partial charge is 0.298 e. The van der Waals surface area contributed by atoms with E-state index >= 15 is 0 Å². The SMILES string of the molecule is CCC(C)N1CCN(C(C)(C)C)CC1. The first-order chi connectivity index (χ1) is 6.45. The second-order valence-corrected chi connectivity index (χ2v) is 5.45. The smallest absolute Gasteiger partial charge is 0.0126 e. The van der Waals surface area contributed by atoms with Gasteiger partial charge in [0.25, 0.3) is 0 Å². The van der Waals surface area contributed by atoms with Crippen molar-refractivity contribution in [3.63, 3.8) is 0 Å². The zero-order valence-corrected chi connectivity index (χ0v) is 10.5. The molecule has 0 bridgehead atoms. The van der Waals surface area contributed by atoms with E-state index in [0.29, 0.717) is 5.54 Å². The van der Waals surface area contributed by atoms with Crippen molar-refractivity contribution in [3.8, 4) is 0 Å². The van der Waals surface area contributed by atoms with Crippen molar-refractivity contribution in [1.82, 2.24) is 9.80 Å². The second kappa shape index (κ2) is 4.63. The molecule has 1 atom stereocenters.